The van der Waals surface area contributed by atoms with Crippen molar-refractivity contribution in [2.24, 2.45) is 5.92 Å². The molecular weight excluding hydrogens is 224 g/mol. The maximum atomic E-state index is 11.7. The van der Waals surface area contributed by atoms with E-state index in [-0.39, 0.29) is 5.91 Å². The van der Waals surface area contributed by atoms with Crippen molar-refractivity contribution in [3.05, 3.63) is 35.4 Å². The van der Waals surface area contributed by atoms with Crippen LogP contribution in [-0.2, 0) is 11.2 Å². The Morgan fingerprint density at radius 2 is 2.28 bits per heavy atom. The van der Waals surface area contributed by atoms with E-state index >= 15 is 0 Å². The molecule has 98 valence electrons. The van der Waals surface area contributed by atoms with Gasteiger partial charge in [-0.3, -0.25) is 4.79 Å². The minimum atomic E-state index is 0.192. The molecule has 1 fully saturated rings. The quantitative estimate of drug-likeness (QED) is 0.829. The van der Waals surface area contributed by atoms with Gasteiger partial charge < -0.3 is 10.6 Å². The molecule has 18 heavy (non-hydrogen) atoms. The van der Waals surface area contributed by atoms with Gasteiger partial charge in [0.1, 0.15) is 0 Å². The van der Waals surface area contributed by atoms with Crippen LogP contribution >= 0.6 is 0 Å². The molecule has 1 atom stereocenters. The molecule has 1 heterocycles. The Hall–Kier alpha value is -1.35. The molecule has 0 aromatic heterocycles. The average molecular weight is 246 g/mol. The number of carbonyl (C=O) groups is 1. The number of benzene rings is 1. The number of aryl methyl sites for hydroxylation is 1. The summed E-state index contributed by atoms with van der Waals surface area (Å²) in [4.78, 5) is 11.7. The van der Waals surface area contributed by atoms with Crippen molar-refractivity contribution >= 4 is 5.91 Å². The van der Waals surface area contributed by atoms with Gasteiger partial charge in [-0.05, 0) is 49.9 Å². The highest BCUT2D eigenvalue weighted by molar-refractivity contribution is 5.76. The van der Waals surface area contributed by atoms with Crippen molar-refractivity contribution in [1.29, 1.82) is 0 Å². The van der Waals surface area contributed by atoms with Gasteiger partial charge in [-0.2, -0.15) is 0 Å². The Morgan fingerprint density at radius 1 is 1.44 bits per heavy atom. The molecule has 2 rings (SSSR count). The molecule has 3 heteroatoms. The monoisotopic (exact) mass is 246 g/mol. The Labute approximate surface area is 109 Å². The van der Waals surface area contributed by atoms with Gasteiger partial charge in [0.2, 0.25) is 5.91 Å². The second-order valence-corrected chi connectivity index (χ2v) is 5.09. The standard InChI is InChI=1S/C15H22N2O/c1-12-4-2-3-5-14(12)7-9-17-15(18)10-13-6-8-16-11-13/h2-5,13,16H,6-11H2,1H3,(H,17,18). The second-order valence-electron chi connectivity index (χ2n) is 5.09. The smallest absolute Gasteiger partial charge is 0.220 e. The van der Waals surface area contributed by atoms with Crippen LogP contribution in [0.2, 0.25) is 0 Å². The van der Waals surface area contributed by atoms with Crippen molar-refractivity contribution in [3.63, 3.8) is 0 Å². The van der Waals surface area contributed by atoms with Crippen LogP contribution in [0.25, 0.3) is 0 Å². The molecule has 1 aliphatic rings. The summed E-state index contributed by atoms with van der Waals surface area (Å²) in [6.07, 6.45) is 2.72. The zero-order valence-electron chi connectivity index (χ0n) is 11.0. The van der Waals surface area contributed by atoms with Gasteiger partial charge in [0, 0.05) is 13.0 Å². The summed E-state index contributed by atoms with van der Waals surface area (Å²) in [5.41, 5.74) is 2.62. The summed E-state index contributed by atoms with van der Waals surface area (Å²) in [5.74, 6) is 0.723. The number of hydrogen-bond acceptors (Lipinski definition) is 2. The maximum Gasteiger partial charge on any atom is 0.220 e. The molecule has 2 N–H and O–H groups in total. The molecule has 3 nitrogen and oxygen atoms in total. The topological polar surface area (TPSA) is 41.1 Å². The van der Waals surface area contributed by atoms with Crippen LogP contribution in [0.3, 0.4) is 0 Å². The highest BCUT2D eigenvalue weighted by Gasteiger charge is 2.17. The van der Waals surface area contributed by atoms with Crippen LogP contribution in [0.4, 0.5) is 0 Å². The van der Waals surface area contributed by atoms with E-state index in [4.69, 9.17) is 0 Å². The van der Waals surface area contributed by atoms with Gasteiger partial charge in [-0.15, -0.1) is 0 Å². The molecular formula is C15H22N2O. The van der Waals surface area contributed by atoms with Crippen molar-refractivity contribution in [2.45, 2.75) is 26.2 Å². The Kier molecular flexibility index (Phi) is 4.76. The highest BCUT2D eigenvalue weighted by atomic mass is 16.1. The largest absolute Gasteiger partial charge is 0.356 e. The normalized spacial score (nSPS) is 18.8. The molecule has 0 spiro atoms. The van der Waals surface area contributed by atoms with Crippen LogP contribution in [0.5, 0.6) is 0 Å². The lowest BCUT2D eigenvalue weighted by molar-refractivity contribution is -0.121. The molecule has 0 bridgehead atoms. The molecule has 1 aromatic rings. The fourth-order valence-corrected chi connectivity index (χ4v) is 2.45. The number of carbonyl (C=O) groups excluding carboxylic acids is 1. The fourth-order valence-electron chi connectivity index (χ4n) is 2.45. The van der Waals surface area contributed by atoms with E-state index in [1.807, 2.05) is 12.1 Å². The number of hydrogen-bond donors (Lipinski definition) is 2. The van der Waals surface area contributed by atoms with Gasteiger partial charge in [-0.1, -0.05) is 24.3 Å². The molecule has 1 aliphatic heterocycles. The van der Waals surface area contributed by atoms with E-state index < -0.39 is 0 Å². The van der Waals surface area contributed by atoms with E-state index in [1.165, 1.54) is 11.1 Å². The van der Waals surface area contributed by atoms with Gasteiger partial charge in [0.05, 0.1) is 0 Å². The zero-order valence-corrected chi connectivity index (χ0v) is 11.0. The number of amides is 1. The summed E-state index contributed by atoms with van der Waals surface area (Å²) in [5, 5.41) is 6.31. The third kappa shape index (κ3) is 3.84. The van der Waals surface area contributed by atoms with Crippen molar-refractivity contribution < 1.29 is 4.79 Å². The first-order valence-corrected chi connectivity index (χ1v) is 6.77. The van der Waals surface area contributed by atoms with Gasteiger partial charge >= 0.3 is 0 Å². The number of rotatable bonds is 5. The molecule has 1 aromatic carbocycles. The van der Waals surface area contributed by atoms with Crippen LogP contribution in [0, 0.1) is 12.8 Å². The summed E-state index contributed by atoms with van der Waals surface area (Å²) >= 11 is 0. The van der Waals surface area contributed by atoms with Crippen molar-refractivity contribution in [3.8, 4) is 0 Å². The lowest BCUT2D eigenvalue weighted by atomic mass is 10.0. The first-order chi connectivity index (χ1) is 8.75. The highest BCUT2D eigenvalue weighted by Crippen LogP contribution is 2.11. The summed E-state index contributed by atoms with van der Waals surface area (Å²) < 4.78 is 0. The Bertz CT molecular complexity index is 397. The summed E-state index contributed by atoms with van der Waals surface area (Å²) in [7, 11) is 0. The van der Waals surface area contributed by atoms with Crippen LogP contribution in [0.1, 0.15) is 24.0 Å². The van der Waals surface area contributed by atoms with Gasteiger partial charge in [-0.25, -0.2) is 0 Å². The van der Waals surface area contributed by atoms with E-state index in [0.29, 0.717) is 12.3 Å². The third-order valence-electron chi connectivity index (χ3n) is 3.61. The van der Waals surface area contributed by atoms with Crippen LogP contribution < -0.4 is 10.6 Å². The molecule has 0 aliphatic carbocycles. The van der Waals surface area contributed by atoms with E-state index in [0.717, 1.165) is 32.5 Å². The Balaban J connectivity index is 1.68. The number of nitrogens with one attached hydrogen (secondary N) is 2. The summed E-state index contributed by atoms with van der Waals surface area (Å²) in [6.45, 7) is 4.90. The van der Waals surface area contributed by atoms with Gasteiger partial charge in [0.25, 0.3) is 0 Å². The maximum absolute atomic E-state index is 11.7. The molecule has 1 unspecified atom stereocenters. The van der Waals surface area contributed by atoms with E-state index in [1.54, 1.807) is 0 Å². The van der Waals surface area contributed by atoms with Gasteiger partial charge in [0.15, 0.2) is 0 Å². The minimum Gasteiger partial charge on any atom is -0.356 e. The fraction of sp³-hybridized carbons (Fsp3) is 0.533. The van der Waals surface area contributed by atoms with Crippen LogP contribution in [-0.4, -0.2) is 25.5 Å². The summed E-state index contributed by atoms with van der Waals surface area (Å²) in [6, 6.07) is 8.34. The van der Waals surface area contributed by atoms with Crippen molar-refractivity contribution in [1.82, 2.24) is 10.6 Å². The van der Waals surface area contributed by atoms with Crippen LogP contribution in [0.15, 0.2) is 24.3 Å². The molecule has 0 radical (unpaired) electrons. The Morgan fingerprint density at radius 3 is 3.00 bits per heavy atom. The third-order valence-corrected chi connectivity index (χ3v) is 3.61. The minimum absolute atomic E-state index is 0.192. The average Bonchev–Trinajstić information content (AvgIpc) is 2.84. The van der Waals surface area contributed by atoms with E-state index in [2.05, 4.69) is 29.7 Å². The first-order valence-electron chi connectivity index (χ1n) is 6.77. The van der Waals surface area contributed by atoms with E-state index in [9.17, 15) is 4.79 Å². The van der Waals surface area contributed by atoms with Crippen molar-refractivity contribution in [2.75, 3.05) is 19.6 Å². The zero-order chi connectivity index (χ0) is 12.8. The molecule has 1 saturated heterocycles. The predicted octanol–water partition coefficient (Wildman–Crippen LogP) is 1.65. The lowest BCUT2D eigenvalue weighted by Gasteiger charge is -2.10. The second kappa shape index (κ2) is 6.55. The first kappa shape index (κ1) is 13.1. The molecule has 0 saturated carbocycles. The lowest BCUT2D eigenvalue weighted by Crippen LogP contribution is -2.28. The molecule has 1 amide bonds. The predicted molar refractivity (Wildman–Crippen MR) is 73.5 cm³/mol. The SMILES string of the molecule is Cc1ccccc1CCNC(=O)CC1CCNC1.